The van der Waals surface area contributed by atoms with Gasteiger partial charge in [-0.15, -0.1) is 5.10 Å². The molecule has 2 heterocycles. The van der Waals surface area contributed by atoms with Crippen molar-refractivity contribution in [3.05, 3.63) is 0 Å². The van der Waals surface area contributed by atoms with Gasteiger partial charge in [0.25, 0.3) is 5.95 Å². The fourth-order valence-electron chi connectivity index (χ4n) is 2.68. The largest absolute Gasteiger partial charge is 0.444 e. The Morgan fingerprint density at radius 3 is 2.62 bits per heavy atom. The van der Waals surface area contributed by atoms with Crippen LogP contribution in [-0.4, -0.2) is 56.2 Å². The van der Waals surface area contributed by atoms with Crippen LogP contribution in [0.5, 0.6) is 0 Å². The second-order valence-electron chi connectivity index (χ2n) is 7.09. The zero-order valence-electron chi connectivity index (χ0n) is 14.5. The molecular weight excluding hydrogens is 312 g/mol. The highest BCUT2D eigenvalue weighted by atomic mass is 16.6. The summed E-state index contributed by atoms with van der Waals surface area (Å²) in [6.07, 6.45) is 3.88. The van der Waals surface area contributed by atoms with Crippen molar-refractivity contribution in [1.29, 1.82) is 0 Å². The molecule has 0 saturated carbocycles. The average molecular weight is 338 g/mol. The maximum absolute atomic E-state index is 12.0. The van der Waals surface area contributed by atoms with Crippen LogP contribution < -0.4 is 5.32 Å². The molecule has 2 rings (SSSR count). The number of H-pyrrole nitrogens is 1. The fraction of sp³-hybridized carbons (Fsp3) is 0.800. The van der Waals surface area contributed by atoms with Gasteiger partial charge in [-0.05, 0) is 57.6 Å². The number of aromatic nitrogens is 4. The van der Waals surface area contributed by atoms with Crippen LogP contribution in [0.2, 0.25) is 0 Å². The van der Waals surface area contributed by atoms with Gasteiger partial charge in [-0.1, -0.05) is 5.10 Å². The number of nitrogens with zero attached hydrogens (tertiary/aromatic N) is 4. The number of nitrogens with one attached hydrogen (secondary N) is 2. The molecule has 9 heteroatoms. The number of ether oxygens (including phenoxy) is 1. The lowest BCUT2D eigenvalue weighted by molar-refractivity contribution is -0.116. The number of aromatic amines is 1. The number of amides is 2. The second-order valence-corrected chi connectivity index (χ2v) is 7.09. The first kappa shape index (κ1) is 18.2. The molecule has 134 valence electrons. The lowest BCUT2D eigenvalue weighted by atomic mass is 9.91. The molecule has 1 aromatic heterocycles. The molecule has 0 unspecified atom stereocenters. The summed E-state index contributed by atoms with van der Waals surface area (Å²) in [7, 11) is 0. The second kappa shape index (κ2) is 8.07. The number of hydrogen-bond donors (Lipinski definition) is 2. The number of piperidine rings is 1. The van der Waals surface area contributed by atoms with Crippen LogP contribution in [-0.2, 0) is 9.53 Å². The van der Waals surface area contributed by atoms with Crippen molar-refractivity contribution < 1.29 is 14.3 Å². The highest BCUT2D eigenvalue weighted by molar-refractivity contribution is 5.88. The summed E-state index contributed by atoms with van der Waals surface area (Å²) >= 11 is 0. The zero-order valence-corrected chi connectivity index (χ0v) is 14.5. The lowest BCUT2D eigenvalue weighted by Gasteiger charge is -2.33. The molecular formula is C15H26N6O3. The smallest absolute Gasteiger partial charge is 0.410 e. The van der Waals surface area contributed by atoms with E-state index < -0.39 is 5.60 Å². The number of hydrogen-bond acceptors (Lipinski definition) is 6. The van der Waals surface area contributed by atoms with E-state index in [4.69, 9.17) is 4.74 Å². The molecule has 1 aliphatic rings. The molecule has 0 atom stereocenters. The third-order valence-electron chi connectivity index (χ3n) is 3.88. The lowest BCUT2D eigenvalue weighted by Crippen LogP contribution is -2.41. The van der Waals surface area contributed by atoms with Crippen LogP contribution in [0, 0.1) is 5.92 Å². The number of likely N-dealkylation sites (tertiary alicyclic amines) is 1. The maximum atomic E-state index is 12.0. The van der Waals surface area contributed by atoms with Crippen molar-refractivity contribution in [2.24, 2.45) is 5.92 Å². The highest BCUT2D eigenvalue weighted by Crippen LogP contribution is 2.24. The molecule has 1 saturated heterocycles. The minimum absolute atomic E-state index is 0.109. The Hall–Kier alpha value is -2.19. The molecule has 0 spiro atoms. The minimum atomic E-state index is -0.458. The third-order valence-corrected chi connectivity index (χ3v) is 3.88. The van der Waals surface area contributed by atoms with E-state index in [0.717, 1.165) is 25.7 Å². The molecule has 2 N–H and O–H groups in total. The Morgan fingerprint density at radius 2 is 2.04 bits per heavy atom. The van der Waals surface area contributed by atoms with Crippen molar-refractivity contribution in [3.8, 4) is 0 Å². The molecule has 24 heavy (non-hydrogen) atoms. The molecule has 0 aliphatic carbocycles. The summed E-state index contributed by atoms with van der Waals surface area (Å²) in [6.45, 7) is 7.05. The van der Waals surface area contributed by atoms with Gasteiger partial charge in [0, 0.05) is 19.5 Å². The van der Waals surface area contributed by atoms with E-state index in [1.54, 1.807) is 4.90 Å². The van der Waals surface area contributed by atoms with Crippen molar-refractivity contribution >= 4 is 17.9 Å². The number of carbonyl (C=O) groups is 2. The SMILES string of the molecule is CC(C)(C)OC(=O)N1CCC(CCCC(=O)Nc2nn[nH]n2)CC1. The van der Waals surface area contributed by atoms with Crippen LogP contribution in [0.3, 0.4) is 0 Å². The third kappa shape index (κ3) is 6.13. The van der Waals surface area contributed by atoms with Gasteiger partial charge in [-0.25, -0.2) is 4.79 Å². The van der Waals surface area contributed by atoms with E-state index in [1.807, 2.05) is 20.8 Å². The first-order valence-electron chi connectivity index (χ1n) is 8.35. The van der Waals surface area contributed by atoms with Crippen LogP contribution in [0.4, 0.5) is 10.7 Å². The fourth-order valence-corrected chi connectivity index (χ4v) is 2.68. The molecule has 9 nitrogen and oxygen atoms in total. The monoisotopic (exact) mass is 338 g/mol. The molecule has 1 aliphatic heterocycles. The molecule has 1 fully saturated rings. The summed E-state index contributed by atoms with van der Waals surface area (Å²) in [6, 6.07) is 0. The topological polar surface area (TPSA) is 113 Å². The number of tetrazole rings is 1. The quantitative estimate of drug-likeness (QED) is 0.848. The van der Waals surface area contributed by atoms with E-state index in [-0.39, 0.29) is 17.9 Å². The summed E-state index contributed by atoms with van der Waals surface area (Å²) in [5.74, 6) is 0.634. The van der Waals surface area contributed by atoms with Gasteiger partial charge in [0.2, 0.25) is 5.91 Å². The Bertz CT molecular complexity index is 532. The van der Waals surface area contributed by atoms with Gasteiger partial charge in [-0.2, -0.15) is 5.21 Å². The van der Waals surface area contributed by atoms with Gasteiger partial charge in [0.1, 0.15) is 5.60 Å². The van der Waals surface area contributed by atoms with E-state index in [2.05, 4.69) is 25.9 Å². The highest BCUT2D eigenvalue weighted by Gasteiger charge is 2.26. The van der Waals surface area contributed by atoms with Crippen molar-refractivity contribution in [2.75, 3.05) is 18.4 Å². The zero-order chi connectivity index (χ0) is 17.6. The average Bonchev–Trinajstić information content (AvgIpc) is 2.99. The molecule has 2 amide bonds. The number of rotatable bonds is 5. The molecule has 0 aromatic carbocycles. The molecule has 0 radical (unpaired) electrons. The van der Waals surface area contributed by atoms with E-state index in [0.29, 0.717) is 25.4 Å². The van der Waals surface area contributed by atoms with E-state index in [9.17, 15) is 9.59 Å². The predicted molar refractivity (Wildman–Crippen MR) is 87.2 cm³/mol. The Kier molecular flexibility index (Phi) is 6.10. The van der Waals surface area contributed by atoms with E-state index in [1.165, 1.54) is 0 Å². The summed E-state index contributed by atoms with van der Waals surface area (Å²) in [5, 5.41) is 15.6. The van der Waals surface area contributed by atoms with Gasteiger partial charge in [0.15, 0.2) is 0 Å². The molecule has 0 bridgehead atoms. The Morgan fingerprint density at radius 1 is 1.33 bits per heavy atom. The van der Waals surface area contributed by atoms with Gasteiger partial charge < -0.3 is 9.64 Å². The normalized spacial score (nSPS) is 16.0. The van der Waals surface area contributed by atoms with Crippen molar-refractivity contribution in [3.63, 3.8) is 0 Å². The predicted octanol–water partition coefficient (Wildman–Crippen LogP) is 1.96. The van der Waals surface area contributed by atoms with Crippen LogP contribution in [0.1, 0.15) is 52.9 Å². The van der Waals surface area contributed by atoms with Crippen molar-refractivity contribution in [2.45, 2.75) is 58.5 Å². The van der Waals surface area contributed by atoms with Gasteiger partial charge in [-0.3, -0.25) is 10.1 Å². The Balaban J connectivity index is 1.61. The number of anilines is 1. The summed E-state index contributed by atoms with van der Waals surface area (Å²) < 4.78 is 5.39. The van der Waals surface area contributed by atoms with Gasteiger partial charge in [0.05, 0.1) is 0 Å². The van der Waals surface area contributed by atoms with Gasteiger partial charge >= 0.3 is 6.09 Å². The van der Waals surface area contributed by atoms with Crippen LogP contribution >= 0.6 is 0 Å². The summed E-state index contributed by atoms with van der Waals surface area (Å²) in [5.41, 5.74) is -0.458. The van der Waals surface area contributed by atoms with Crippen molar-refractivity contribution in [1.82, 2.24) is 25.5 Å². The number of carbonyl (C=O) groups excluding carboxylic acids is 2. The van der Waals surface area contributed by atoms with Crippen LogP contribution in [0.25, 0.3) is 0 Å². The first-order chi connectivity index (χ1) is 11.3. The standard InChI is InChI=1S/C15H26N6O3/c1-15(2,3)24-14(23)21-9-7-11(8-10-21)5-4-6-12(22)16-13-17-19-20-18-13/h11H,4-10H2,1-3H3,(H2,16,17,18,19,20,22). The van der Waals surface area contributed by atoms with E-state index >= 15 is 0 Å². The minimum Gasteiger partial charge on any atom is -0.444 e. The maximum Gasteiger partial charge on any atom is 0.410 e. The Labute approximate surface area is 141 Å². The first-order valence-corrected chi connectivity index (χ1v) is 8.35. The summed E-state index contributed by atoms with van der Waals surface area (Å²) in [4.78, 5) is 25.5. The molecule has 1 aromatic rings. The van der Waals surface area contributed by atoms with Crippen LogP contribution in [0.15, 0.2) is 0 Å².